The largest absolute Gasteiger partial charge is 0.573 e. The zero-order valence-electron chi connectivity index (χ0n) is 16.3. The molecule has 0 saturated carbocycles. The molecule has 2 N–H and O–H groups in total. The number of halogens is 3. The summed E-state index contributed by atoms with van der Waals surface area (Å²) in [5.74, 6) is -2.10. The van der Waals surface area contributed by atoms with E-state index in [0.717, 1.165) is 12.1 Å². The molecule has 0 fully saturated rings. The molecular weight excluding hydrogens is 455 g/mol. The first kappa shape index (κ1) is 23.1. The van der Waals surface area contributed by atoms with E-state index in [0.29, 0.717) is 5.56 Å². The number of sulfonamides is 1. The molecule has 2 aromatic rings. The molecule has 32 heavy (non-hydrogen) atoms. The molecule has 0 spiro atoms. The minimum Gasteiger partial charge on any atom is -0.451 e. The van der Waals surface area contributed by atoms with Crippen molar-refractivity contribution in [2.75, 3.05) is 11.9 Å². The van der Waals surface area contributed by atoms with Gasteiger partial charge in [-0.15, -0.1) is 13.2 Å². The number of ether oxygens (including phenoxy) is 2. The highest BCUT2D eigenvalue weighted by atomic mass is 32.2. The number of amidine groups is 1. The van der Waals surface area contributed by atoms with E-state index < -0.39 is 46.7 Å². The van der Waals surface area contributed by atoms with Crippen LogP contribution in [0.15, 0.2) is 58.4 Å². The summed E-state index contributed by atoms with van der Waals surface area (Å²) in [7, 11) is -3.76. The van der Waals surface area contributed by atoms with E-state index >= 15 is 0 Å². The SMILES string of the molecule is CC(OC(=O)CN=C1NS(=O)(=O)c2ccccc21)C(=O)Nc1ccc(OC(F)(F)F)cc1. The third-order valence-corrected chi connectivity index (χ3v) is 5.46. The van der Waals surface area contributed by atoms with E-state index in [1.54, 1.807) is 12.1 Å². The van der Waals surface area contributed by atoms with E-state index in [4.69, 9.17) is 4.74 Å². The lowest BCUT2D eigenvalue weighted by atomic mass is 10.2. The number of benzene rings is 2. The fourth-order valence-electron chi connectivity index (χ4n) is 2.67. The van der Waals surface area contributed by atoms with Gasteiger partial charge in [-0.25, -0.2) is 8.42 Å². The topological polar surface area (TPSA) is 123 Å². The van der Waals surface area contributed by atoms with Crippen LogP contribution in [0.5, 0.6) is 5.75 Å². The number of amides is 1. The Bertz CT molecular complexity index is 1160. The van der Waals surface area contributed by atoms with Crippen molar-refractivity contribution < 1.29 is 40.7 Å². The minimum atomic E-state index is -4.84. The van der Waals surface area contributed by atoms with E-state index in [9.17, 15) is 31.2 Å². The Morgan fingerprint density at radius 2 is 1.78 bits per heavy atom. The van der Waals surface area contributed by atoms with Crippen molar-refractivity contribution in [2.24, 2.45) is 4.99 Å². The molecule has 1 unspecified atom stereocenters. The van der Waals surface area contributed by atoms with Gasteiger partial charge >= 0.3 is 12.3 Å². The van der Waals surface area contributed by atoms with Crippen molar-refractivity contribution in [2.45, 2.75) is 24.3 Å². The zero-order valence-corrected chi connectivity index (χ0v) is 17.2. The summed E-state index contributed by atoms with van der Waals surface area (Å²) in [5, 5.41) is 2.38. The number of carbonyl (C=O) groups is 2. The summed E-state index contributed by atoms with van der Waals surface area (Å²) < 4.78 is 71.5. The van der Waals surface area contributed by atoms with Crippen LogP contribution < -0.4 is 14.8 Å². The van der Waals surface area contributed by atoms with E-state index in [1.165, 1.54) is 31.2 Å². The van der Waals surface area contributed by atoms with Crippen LogP contribution in [0.2, 0.25) is 0 Å². The molecule has 0 radical (unpaired) electrons. The molecule has 0 aromatic heterocycles. The number of fused-ring (bicyclic) bond motifs is 1. The third kappa shape index (κ3) is 5.75. The van der Waals surface area contributed by atoms with Crippen molar-refractivity contribution in [3.63, 3.8) is 0 Å². The molecule has 2 aromatic carbocycles. The molecule has 0 aliphatic carbocycles. The van der Waals surface area contributed by atoms with Gasteiger partial charge < -0.3 is 14.8 Å². The first-order valence-corrected chi connectivity index (χ1v) is 10.5. The number of nitrogens with zero attached hydrogens (tertiary/aromatic N) is 1. The van der Waals surface area contributed by atoms with Gasteiger partial charge in [0.15, 0.2) is 6.10 Å². The smallest absolute Gasteiger partial charge is 0.451 e. The number of carbonyl (C=O) groups excluding carboxylic acids is 2. The fourth-order valence-corrected chi connectivity index (χ4v) is 3.92. The van der Waals surface area contributed by atoms with Crippen molar-refractivity contribution >= 4 is 33.4 Å². The van der Waals surface area contributed by atoms with Gasteiger partial charge in [-0.05, 0) is 43.3 Å². The second-order valence-corrected chi connectivity index (χ2v) is 8.11. The number of esters is 1. The number of hydrogen-bond acceptors (Lipinski definition) is 7. The van der Waals surface area contributed by atoms with Crippen LogP contribution in [0.4, 0.5) is 18.9 Å². The maximum atomic E-state index is 12.2. The highest BCUT2D eigenvalue weighted by molar-refractivity contribution is 7.90. The summed E-state index contributed by atoms with van der Waals surface area (Å²) in [6.07, 6.45) is -6.08. The second kappa shape index (κ2) is 8.86. The van der Waals surface area contributed by atoms with Crippen LogP contribution in [0.25, 0.3) is 0 Å². The summed E-state index contributed by atoms with van der Waals surface area (Å²) in [5.41, 5.74) is 0.466. The first-order valence-electron chi connectivity index (χ1n) is 8.97. The van der Waals surface area contributed by atoms with Gasteiger partial charge in [-0.1, -0.05) is 12.1 Å². The Hall–Kier alpha value is -3.61. The third-order valence-electron chi connectivity index (χ3n) is 4.06. The first-order chi connectivity index (χ1) is 14.9. The van der Waals surface area contributed by atoms with Gasteiger partial charge in [0, 0.05) is 11.3 Å². The molecule has 1 aliphatic rings. The maximum absolute atomic E-state index is 12.2. The van der Waals surface area contributed by atoms with E-state index in [1.807, 2.05) is 0 Å². The quantitative estimate of drug-likeness (QED) is 0.623. The lowest BCUT2D eigenvalue weighted by Crippen LogP contribution is -2.31. The minimum absolute atomic E-state index is 0.0178. The average Bonchev–Trinajstić information content (AvgIpc) is 2.97. The Morgan fingerprint density at radius 1 is 1.12 bits per heavy atom. The van der Waals surface area contributed by atoms with E-state index in [2.05, 4.69) is 19.8 Å². The molecule has 9 nitrogen and oxygen atoms in total. The molecule has 170 valence electrons. The van der Waals surface area contributed by atoms with Gasteiger partial charge in [0.05, 0.1) is 4.90 Å². The molecule has 0 saturated heterocycles. The standard InChI is InChI=1S/C19H16F3N3O6S/c1-11(18(27)24-12-6-8-13(9-7-12)31-19(20,21)22)30-16(26)10-23-17-14-4-2-3-5-15(14)32(28,29)25-17/h2-9,11H,10H2,1H3,(H,23,25)(H,24,27). The molecule has 3 rings (SSSR count). The Kier molecular flexibility index (Phi) is 6.39. The maximum Gasteiger partial charge on any atom is 0.573 e. The number of aliphatic imine (C=N–C) groups is 1. The van der Waals surface area contributed by atoms with Crippen LogP contribution in [0.3, 0.4) is 0 Å². The van der Waals surface area contributed by atoms with Crippen molar-refractivity contribution in [3.8, 4) is 5.75 Å². The van der Waals surface area contributed by atoms with Gasteiger partial charge in [0.2, 0.25) is 0 Å². The average molecular weight is 471 g/mol. The molecule has 1 heterocycles. The van der Waals surface area contributed by atoms with Crippen LogP contribution >= 0.6 is 0 Å². The summed E-state index contributed by atoms with van der Waals surface area (Å²) >= 11 is 0. The van der Waals surface area contributed by atoms with Gasteiger partial charge in [0.25, 0.3) is 15.9 Å². The van der Waals surface area contributed by atoms with Crippen LogP contribution in [0, 0.1) is 0 Å². The summed E-state index contributed by atoms with van der Waals surface area (Å²) in [6.45, 7) is 0.738. The van der Waals surface area contributed by atoms with Crippen molar-refractivity contribution in [1.82, 2.24) is 4.72 Å². The van der Waals surface area contributed by atoms with Gasteiger partial charge in [-0.2, -0.15) is 0 Å². The molecule has 1 atom stereocenters. The Morgan fingerprint density at radius 3 is 2.44 bits per heavy atom. The molecule has 13 heteroatoms. The van der Waals surface area contributed by atoms with Crippen LogP contribution in [-0.2, 0) is 24.3 Å². The van der Waals surface area contributed by atoms with Crippen molar-refractivity contribution in [3.05, 3.63) is 54.1 Å². The number of anilines is 1. The molecule has 0 bridgehead atoms. The van der Waals surface area contributed by atoms with Crippen LogP contribution in [-0.4, -0.2) is 45.1 Å². The summed E-state index contributed by atoms with van der Waals surface area (Å²) in [6, 6.07) is 10.5. The number of nitrogens with one attached hydrogen (secondary N) is 2. The fraction of sp³-hybridized carbons (Fsp3) is 0.211. The number of hydrogen-bond donors (Lipinski definition) is 2. The molecule has 1 amide bonds. The van der Waals surface area contributed by atoms with Crippen LogP contribution in [0.1, 0.15) is 12.5 Å². The normalized spacial score (nSPS) is 16.6. The van der Waals surface area contributed by atoms with Crippen molar-refractivity contribution in [1.29, 1.82) is 0 Å². The highest BCUT2D eigenvalue weighted by Crippen LogP contribution is 2.24. The van der Waals surface area contributed by atoms with E-state index in [-0.39, 0.29) is 16.4 Å². The number of alkyl halides is 3. The zero-order chi connectivity index (χ0) is 23.5. The monoisotopic (exact) mass is 471 g/mol. The second-order valence-electron chi connectivity index (χ2n) is 6.46. The lowest BCUT2D eigenvalue weighted by molar-refractivity contribution is -0.274. The predicted molar refractivity (Wildman–Crippen MR) is 105 cm³/mol. The molecular formula is C19H16F3N3O6S. The highest BCUT2D eigenvalue weighted by Gasteiger charge is 2.31. The number of rotatable bonds is 6. The molecule has 1 aliphatic heterocycles. The Labute approximate surface area is 180 Å². The van der Waals surface area contributed by atoms with Gasteiger partial charge in [-0.3, -0.25) is 19.3 Å². The van der Waals surface area contributed by atoms with Gasteiger partial charge in [0.1, 0.15) is 18.1 Å². The lowest BCUT2D eigenvalue weighted by Gasteiger charge is -2.13. The predicted octanol–water partition coefficient (Wildman–Crippen LogP) is 2.19. The Balaban J connectivity index is 1.55. The summed E-state index contributed by atoms with van der Waals surface area (Å²) in [4.78, 5) is 28.1.